The van der Waals surface area contributed by atoms with E-state index in [0.29, 0.717) is 0 Å². The molecule has 0 unspecified atom stereocenters. The maximum absolute atomic E-state index is 4.26. The Kier molecular flexibility index (Phi) is 3.13. The predicted octanol–water partition coefficient (Wildman–Crippen LogP) is 1.23. The molecule has 2 heteroatoms. The van der Waals surface area contributed by atoms with Crippen LogP contribution in [-0.4, -0.2) is 13.1 Å². The van der Waals surface area contributed by atoms with Crippen LogP contribution in [0, 0.1) is 0 Å². The van der Waals surface area contributed by atoms with E-state index in [-0.39, 0.29) is 0 Å². The lowest BCUT2D eigenvalue weighted by Crippen LogP contribution is -2.19. The van der Waals surface area contributed by atoms with E-state index in [2.05, 4.69) is 23.6 Å². The normalized spacial score (nSPS) is 16.3. The molecular formula is C8H15N2. The smallest absolute Gasteiger partial charge is 0.116 e. The summed E-state index contributed by atoms with van der Waals surface area (Å²) >= 11 is 0. The molecule has 0 spiro atoms. The molecule has 0 aromatic heterocycles. The Labute approximate surface area is 62.7 Å². The Balaban J connectivity index is 2.01. The number of unbranched alkanes of at least 4 members (excludes halogenated alkanes) is 1. The molecule has 1 N–H and O–H groups in total. The van der Waals surface area contributed by atoms with Crippen molar-refractivity contribution in [1.82, 2.24) is 10.6 Å². The topological polar surface area (TPSA) is 26.1 Å². The lowest BCUT2D eigenvalue weighted by atomic mass is 10.3. The summed E-state index contributed by atoms with van der Waals surface area (Å²) in [5.41, 5.74) is 0. The minimum Gasteiger partial charge on any atom is -0.371 e. The van der Waals surface area contributed by atoms with Gasteiger partial charge in [-0.25, -0.2) is 0 Å². The Bertz CT molecular complexity index is 118. The second kappa shape index (κ2) is 4.20. The molecule has 0 saturated heterocycles. The zero-order chi connectivity index (χ0) is 7.23. The van der Waals surface area contributed by atoms with Crippen molar-refractivity contribution in [3.63, 3.8) is 0 Å². The van der Waals surface area contributed by atoms with Crippen molar-refractivity contribution >= 4 is 0 Å². The lowest BCUT2D eigenvalue weighted by molar-refractivity contribution is 0.668. The third-order valence-electron chi connectivity index (χ3n) is 1.59. The van der Waals surface area contributed by atoms with Crippen LogP contribution in [0.1, 0.15) is 26.2 Å². The van der Waals surface area contributed by atoms with Gasteiger partial charge in [0.25, 0.3) is 0 Å². The molecule has 1 rings (SSSR count). The fourth-order valence-corrected chi connectivity index (χ4v) is 0.972. The SMILES string of the molecule is CCCCNC1=CCC[N]1. The van der Waals surface area contributed by atoms with Crippen LogP contribution in [0.15, 0.2) is 11.9 Å². The first-order valence-corrected chi connectivity index (χ1v) is 4.05. The molecule has 1 aliphatic rings. The van der Waals surface area contributed by atoms with Crippen LogP contribution < -0.4 is 10.6 Å². The van der Waals surface area contributed by atoms with Crippen molar-refractivity contribution in [1.29, 1.82) is 0 Å². The van der Waals surface area contributed by atoms with Crippen molar-refractivity contribution in [2.75, 3.05) is 13.1 Å². The molecular weight excluding hydrogens is 124 g/mol. The third kappa shape index (κ3) is 2.29. The molecule has 0 bridgehead atoms. The van der Waals surface area contributed by atoms with Gasteiger partial charge in [0.2, 0.25) is 0 Å². The fourth-order valence-electron chi connectivity index (χ4n) is 0.972. The summed E-state index contributed by atoms with van der Waals surface area (Å²) in [6, 6.07) is 0. The average molecular weight is 139 g/mol. The zero-order valence-electron chi connectivity index (χ0n) is 6.56. The Morgan fingerprint density at radius 2 is 2.60 bits per heavy atom. The maximum Gasteiger partial charge on any atom is 0.116 e. The van der Waals surface area contributed by atoms with Gasteiger partial charge in [-0.3, -0.25) is 5.32 Å². The second-order valence-electron chi connectivity index (χ2n) is 2.54. The molecule has 10 heavy (non-hydrogen) atoms. The van der Waals surface area contributed by atoms with Gasteiger partial charge in [-0.15, -0.1) is 0 Å². The number of rotatable bonds is 4. The van der Waals surface area contributed by atoms with Gasteiger partial charge in [-0.2, -0.15) is 0 Å². The molecule has 0 aliphatic carbocycles. The van der Waals surface area contributed by atoms with Crippen molar-refractivity contribution in [3.8, 4) is 0 Å². The van der Waals surface area contributed by atoms with Crippen LogP contribution in [-0.2, 0) is 0 Å². The second-order valence-corrected chi connectivity index (χ2v) is 2.54. The first-order chi connectivity index (χ1) is 4.93. The molecule has 0 saturated carbocycles. The summed E-state index contributed by atoms with van der Waals surface area (Å²) in [5, 5.41) is 7.53. The van der Waals surface area contributed by atoms with E-state index in [0.717, 1.165) is 25.3 Å². The Hall–Kier alpha value is -0.660. The van der Waals surface area contributed by atoms with Gasteiger partial charge >= 0.3 is 0 Å². The first-order valence-electron chi connectivity index (χ1n) is 4.05. The van der Waals surface area contributed by atoms with Crippen molar-refractivity contribution < 1.29 is 0 Å². The van der Waals surface area contributed by atoms with Crippen LogP contribution in [0.25, 0.3) is 0 Å². The van der Waals surface area contributed by atoms with E-state index in [4.69, 9.17) is 0 Å². The van der Waals surface area contributed by atoms with Gasteiger partial charge in [-0.05, 0) is 18.9 Å². The number of hydrogen-bond acceptors (Lipinski definition) is 1. The standard InChI is InChI=1S/C8H15N2/c1-2-3-6-9-8-5-4-7-10-8/h5,9H,2-4,6-7H2,1H3. The third-order valence-corrected chi connectivity index (χ3v) is 1.59. The van der Waals surface area contributed by atoms with Crippen LogP contribution in [0.2, 0.25) is 0 Å². The highest BCUT2D eigenvalue weighted by molar-refractivity contribution is 5.02. The summed E-state index contributed by atoms with van der Waals surface area (Å²) in [6.07, 6.45) is 5.78. The monoisotopic (exact) mass is 139 g/mol. The van der Waals surface area contributed by atoms with E-state index in [1.54, 1.807) is 0 Å². The molecule has 0 aromatic rings. The average Bonchev–Trinajstić information content (AvgIpc) is 2.41. The van der Waals surface area contributed by atoms with Gasteiger partial charge in [0.1, 0.15) is 5.82 Å². The minimum absolute atomic E-state index is 0.981. The molecule has 0 amide bonds. The number of nitrogens with one attached hydrogen (secondary N) is 1. The summed E-state index contributed by atoms with van der Waals surface area (Å²) in [6.45, 7) is 4.25. The highest BCUT2D eigenvalue weighted by atomic mass is 15.1. The molecule has 0 atom stereocenters. The number of nitrogens with zero attached hydrogens (tertiary/aromatic N) is 1. The van der Waals surface area contributed by atoms with Crippen LogP contribution >= 0.6 is 0 Å². The van der Waals surface area contributed by atoms with Gasteiger partial charge in [-0.1, -0.05) is 13.3 Å². The van der Waals surface area contributed by atoms with Crippen LogP contribution in [0.4, 0.5) is 0 Å². The van der Waals surface area contributed by atoms with Crippen LogP contribution in [0.3, 0.4) is 0 Å². The highest BCUT2D eigenvalue weighted by Gasteiger charge is 2.01. The van der Waals surface area contributed by atoms with E-state index >= 15 is 0 Å². The molecule has 1 aliphatic heterocycles. The van der Waals surface area contributed by atoms with E-state index < -0.39 is 0 Å². The molecule has 2 nitrogen and oxygen atoms in total. The maximum atomic E-state index is 4.26. The van der Waals surface area contributed by atoms with Gasteiger partial charge in [0.15, 0.2) is 0 Å². The largest absolute Gasteiger partial charge is 0.371 e. The van der Waals surface area contributed by atoms with Gasteiger partial charge in [0, 0.05) is 13.1 Å². The van der Waals surface area contributed by atoms with Gasteiger partial charge in [0.05, 0.1) is 0 Å². The van der Waals surface area contributed by atoms with Gasteiger partial charge < -0.3 is 5.32 Å². The van der Waals surface area contributed by atoms with E-state index in [9.17, 15) is 0 Å². The lowest BCUT2D eigenvalue weighted by Gasteiger charge is -2.03. The predicted molar refractivity (Wildman–Crippen MR) is 42.6 cm³/mol. The zero-order valence-corrected chi connectivity index (χ0v) is 6.56. The van der Waals surface area contributed by atoms with E-state index in [1.165, 1.54) is 12.8 Å². The summed E-state index contributed by atoms with van der Waals surface area (Å²) in [7, 11) is 0. The molecule has 1 radical (unpaired) electrons. The molecule has 57 valence electrons. The van der Waals surface area contributed by atoms with Crippen molar-refractivity contribution in [2.45, 2.75) is 26.2 Å². The highest BCUT2D eigenvalue weighted by Crippen LogP contribution is 1.99. The van der Waals surface area contributed by atoms with Crippen molar-refractivity contribution in [3.05, 3.63) is 11.9 Å². The molecule has 1 heterocycles. The van der Waals surface area contributed by atoms with E-state index in [1.807, 2.05) is 0 Å². The summed E-state index contributed by atoms with van der Waals surface area (Å²) < 4.78 is 0. The quantitative estimate of drug-likeness (QED) is 0.582. The fraction of sp³-hybridized carbons (Fsp3) is 0.750. The number of hydrogen-bond donors (Lipinski definition) is 1. The molecule has 0 fully saturated rings. The first kappa shape index (κ1) is 7.45. The van der Waals surface area contributed by atoms with Crippen LogP contribution in [0.5, 0.6) is 0 Å². The minimum atomic E-state index is 0.981. The summed E-state index contributed by atoms with van der Waals surface area (Å²) in [4.78, 5) is 0. The summed E-state index contributed by atoms with van der Waals surface area (Å²) in [5.74, 6) is 1.11. The Morgan fingerprint density at radius 3 is 3.20 bits per heavy atom. The Morgan fingerprint density at radius 1 is 1.70 bits per heavy atom. The van der Waals surface area contributed by atoms with Crippen molar-refractivity contribution in [2.24, 2.45) is 0 Å². The molecule has 0 aromatic carbocycles.